The molecule has 2 saturated heterocycles. The van der Waals surface area contributed by atoms with Crippen LogP contribution in [0.15, 0.2) is 24.3 Å². The van der Waals surface area contributed by atoms with Gasteiger partial charge in [0, 0.05) is 41.5 Å². The van der Waals surface area contributed by atoms with Gasteiger partial charge < -0.3 is 16.0 Å². The Morgan fingerprint density at radius 1 is 0.943 bits per heavy atom. The smallest absolute Gasteiger partial charge is 0.315 e. The highest BCUT2D eigenvalue weighted by Crippen LogP contribution is 2.55. The van der Waals surface area contributed by atoms with Crippen LogP contribution in [-0.4, -0.2) is 52.0 Å². The number of nitro groups is 1. The van der Waals surface area contributed by atoms with E-state index in [1.807, 2.05) is 0 Å². The van der Waals surface area contributed by atoms with Gasteiger partial charge in [0.2, 0.25) is 5.91 Å². The summed E-state index contributed by atoms with van der Waals surface area (Å²) in [5.74, 6) is 2.30. The summed E-state index contributed by atoms with van der Waals surface area (Å²) in [5, 5.41) is 20.4. The van der Waals surface area contributed by atoms with Crippen LogP contribution in [-0.2, 0) is 4.79 Å². The summed E-state index contributed by atoms with van der Waals surface area (Å²) in [6.07, 6.45) is 11.4. The summed E-state index contributed by atoms with van der Waals surface area (Å²) < 4.78 is 0. The Hall–Kier alpha value is -2.68. The number of urea groups is 1. The van der Waals surface area contributed by atoms with Crippen LogP contribution in [0.4, 0.5) is 16.2 Å². The molecule has 188 valence electrons. The lowest BCUT2D eigenvalue weighted by Gasteiger charge is -2.56. The molecule has 1 aromatic carbocycles. The van der Waals surface area contributed by atoms with Gasteiger partial charge in [-0.15, -0.1) is 0 Å². The summed E-state index contributed by atoms with van der Waals surface area (Å²) in [5.41, 5.74) is 0.586. The molecule has 3 amide bonds. The number of nitrogens with one attached hydrogen (secondary N) is 3. The second kappa shape index (κ2) is 8.76. The van der Waals surface area contributed by atoms with Crippen LogP contribution in [0.25, 0.3) is 0 Å². The molecule has 4 aliphatic carbocycles. The highest BCUT2D eigenvalue weighted by Gasteiger charge is 2.52. The molecular weight excluding hydrogens is 446 g/mol. The Labute approximate surface area is 205 Å². The highest BCUT2D eigenvalue weighted by atomic mass is 16.6. The van der Waals surface area contributed by atoms with E-state index in [4.69, 9.17) is 0 Å². The van der Waals surface area contributed by atoms with Crippen molar-refractivity contribution >= 4 is 23.3 Å². The molecule has 1 aromatic rings. The van der Waals surface area contributed by atoms with E-state index in [-0.39, 0.29) is 29.2 Å². The van der Waals surface area contributed by atoms with Crippen LogP contribution in [0.5, 0.6) is 0 Å². The predicted octanol–water partition coefficient (Wildman–Crippen LogP) is 3.80. The van der Waals surface area contributed by atoms with Gasteiger partial charge in [0.15, 0.2) is 0 Å². The van der Waals surface area contributed by atoms with Gasteiger partial charge in [-0.05, 0) is 94.1 Å². The van der Waals surface area contributed by atoms with Crippen LogP contribution in [0.2, 0.25) is 0 Å². The molecular formula is C26H35N5O4. The summed E-state index contributed by atoms with van der Waals surface area (Å²) in [6, 6.07) is 6.64. The zero-order valence-corrected chi connectivity index (χ0v) is 20.1. The van der Waals surface area contributed by atoms with Gasteiger partial charge in [-0.1, -0.05) is 0 Å². The SMILES string of the molecule is O=C(CN1[C@H]2CC[C@H]1CC(NC(=O)NC13CC4CC(CC(C4)C1)C3)C2)Nc1ccc([N+](=O)[O-])cc1. The first-order chi connectivity index (χ1) is 16.8. The van der Waals surface area contributed by atoms with Crippen molar-refractivity contribution in [3.05, 3.63) is 34.4 Å². The molecule has 4 saturated carbocycles. The van der Waals surface area contributed by atoms with E-state index in [1.165, 1.54) is 31.4 Å². The fourth-order valence-electron chi connectivity index (χ4n) is 8.41. The Morgan fingerprint density at radius 2 is 1.51 bits per heavy atom. The molecule has 6 fully saturated rings. The van der Waals surface area contributed by atoms with Crippen LogP contribution in [0, 0.1) is 27.9 Å². The van der Waals surface area contributed by atoms with E-state index in [2.05, 4.69) is 20.9 Å². The quantitative estimate of drug-likeness (QED) is 0.422. The predicted molar refractivity (Wildman–Crippen MR) is 131 cm³/mol. The van der Waals surface area contributed by atoms with Gasteiger partial charge >= 0.3 is 6.03 Å². The molecule has 0 spiro atoms. The van der Waals surface area contributed by atoms with Crippen molar-refractivity contribution in [2.45, 2.75) is 87.9 Å². The third-order valence-corrected chi connectivity index (χ3v) is 9.32. The number of non-ortho nitro benzene ring substituents is 1. The number of carbonyl (C=O) groups excluding carboxylic acids is 2. The zero-order chi connectivity index (χ0) is 24.2. The van der Waals surface area contributed by atoms with Gasteiger partial charge in [-0.2, -0.15) is 0 Å². The number of hydrogen-bond acceptors (Lipinski definition) is 5. The van der Waals surface area contributed by atoms with E-state index < -0.39 is 4.92 Å². The number of amides is 3. The van der Waals surface area contributed by atoms with E-state index in [9.17, 15) is 19.7 Å². The first kappa shape index (κ1) is 22.8. The van der Waals surface area contributed by atoms with Crippen molar-refractivity contribution in [2.75, 3.05) is 11.9 Å². The molecule has 6 bridgehead atoms. The van der Waals surface area contributed by atoms with E-state index in [0.717, 1.165) is 62.7 Å². The molecule has 6 aliphatic rings. The number of piperidine rings is 1. The number of nitro benzene ring substituents is 1. The van der Waals surface area contributed by atoms with Gasteiger partial charge in [0.05, 0.1) is 11.5 Å². The average Bonchev–Trinajstić information content (AvgIpc) is 3.00. The minimum atomic E-state index is -0.453. The second-order valence-corrected chi connectivity index (χ2v) is 11.9. The summed E-state index contributed by atoms with van der Waals surface area (Å²) in [7, 11) is 0. The fourth-order valence-corrected chi connectivity index (χ4v) is 8.41. The Kier molecular flexibility index (Phi) is 5.70. The maximum absolute atomic E-state index is 13.0. The molecule has 9 nitrogen and oxygen atoms in total. The first-order valence-electron chi connectivity index (χ1n) is 13.2. The van der Waals surface area contributed by atoms with Crippen molar-refractivity contribution in [1.82, 2.24) is 15.5 Å². The van der Waals surface area contributed by atoms with Gasteiger partial charge in [-0.25, -0.2) is 4.79 Å². The number of benzene rings is 1. The molecule has 0 aromatic heterocycles. The normalized spacial score (nSPS) is 37.1. The monoisotopic (exact) mass is 481 g/mol. The molecule has 2 heterocycles. The van der Waals surface area contributed by atoms with E-state index in [0.29, 0.717) is 24.3 Å². The van der Waals surface area contributed by atoms with Crippen LogP contribution < -0.4 is 16.0 Å². The topological polar surface area (TPSA) is 117 Å². The molecule has 2 aliphatic heterocycles. The number of rotatable bonds is 6. The molecule has 0 unspecified atom stereocenters. The maximum Gasteiger partial charge on any atom is 0.315 e. The lowest BCUT2D eigenvalue weighted by molar-refractivity contribution is -0.384. The first-order valence-corrected chi connectivity index (χ1v) is 13.2. The maximum atomic E-state index is 13.0. The van der Waals surface area contributed by atoms with Gasteiger partial charge in [-0.3, -0.25) is 19.8 Å². The second-order valence-electron chi connectivity index (χ2n) is 11.9. The number of carbonyl (C=O) groups is 2. The van der Waals surface area contributed by atoms with Crippen LogP contribution in [0.1, 0.15) is 64.2 Å². The summed E-state index contributed by atoms with van der Waals surface area (Å²) in [6.45, 7) is 0.304. The van der Waals surface area contributed by atoms with Crippen molar-refractivity contribution in [1.29, 1.82) is 0 Å². The summed E-state index contributed by atoms with van der Waals surface area (Å²) >= 11 is 0. The largest absolute Gasteiger partial charge is 0.335 e. The molecule has 7 rings (SSSR count). The minimum Gasteiger partial charge on any atom is -0.335 e. The average molecular weight is 482 g/mol. The summed E-state index contributed by atoms with van der Waals surface area (Å²) in [4.78, 5) is 38.3. The van der Waals surface area contributed by atoms with Gasteiger partial charge in [0.1, 0.15) is 0 Å². The molecule has 0 radical (unpaired) electrons. The molecule has 2 atom stereocenters. The van der Waals surface area contributed by atoms with Crippen LogP contribution in [0.3, 0.4) is 0 Å². The standard InChI is InChI=1S/C26H35N5O4/c32-24(27-19-1-3-21(4-2-19)31(34)35)15-30-22-5-6-23(30)11-20(10-22)28-25(33)29-26-12-16-7-17(13-26)9-18(8-16)14-26/h1-4,16-18,20,22-23H,5-15H2,(H,27,32)(H2,28,29,33)/t16?,17?,18?,22-,23-,26?/m0/s1. The number of nitrogens with zero attached hydrogens (tertiary/aromatic N) is 2. The molecule has 9 heteroatoms. The van der Waals surface area contributed by atoms with Crippen molar-refractivity contribution in [3.63, 3.8) is 0 Å². The number of fused-ring (bicyclic) bond motifs is 2. The Balaban J connectivity index is 1.00. The Bertz CT molecular complexity index is 962. The minimum absolute atomic E-state index is 0.000661. The van der Waals surface area contributed by atoms with Crippen molar-refractivity contribution < 1.29 is 14.5 Å². The number of hydrogen-bond donors (Lipinski definition) is 3. The Morgan fingerprint density at radius 3 is 2.06 bits per heavy atom. The zero-order valence-electron chi connectivity index (χ0n) is 20.1. The van der Waals surface area contributed by atoms with Crippen molar-refractivity contribution in [2.24, 2.45) is 17.8 Å². The third-order valence-electron chi connectivity index (χ3n) is 9.32. The molecule has 3 N–H and O–H groups in total. The molecule has 35 heavy (non-hydrogen) atoms. The van der Waals surface area contributed by atoms with E-state index in [1.54, 1.807) is 12.1 Å². The lowest BCUT2D eigenvalue weighted by Crippen LogP contribution is -2.63. The van der Waals surface area contributed by atoms with Gasteiger partial charge in [0.25, 0.3) is 5.69 Å². The third kappa shape index (κ3) is 4.62. The van der Waals surface area contributed by atoms with Crippen LogP contribution >= 0.6 is 0 Å². The number of anilines is 1. The lowest BCUT2D eigenvalue weighted by atomic mass is 9.53. The van der Waals surface area contributed by atoms with E-state index >= 15 is 0 Å². The van der Waals surface area contributed by atoms with Crippen molar-refractivity contribution in [3.8, 4) is 0 Å². The fraction of sp³-hybridized carbons (Fsp3) is 0.692. The highest BCUT2D eigenvalue weighted by molar-refractivity contribution is 5.92.